The van der Waals surface area contributed by atoms with Gasteiger partial charge in [-0.1, -0.05) is 24.3 Å². The summed E-state index contributed by atoms with van der Waals surface area (Å²) in [6.45, 7) is 6.96. The second-order valence-corrected chi connectivity index (χ2v) is 5.93. The molecule has 0 saturated carbocycles. The highest BCUT2D eigenvalue weighted by Gasteiger charge is 2.13. The summed E-state index contributed by atoms with van der Waals surface area (Å²) in [6, 6.07) is 16.6. The monoisotopic (exact) mass is 294 g/mol. The number of hydrogen-bond acceptors (Lipinski definition) is 2. The third-order valence-electron chi connectivity index (χ3n) is 3.98. The minimum absolute atomic E-state index is 0.356. The van der Waals surface area contributed by atoms with E-state index in [-0.39, 0.29) is 0 Å². The fourth-order valence-corrected chi connectivity index (χ4v) is 2.92. The molecule has 1 aromatic heterocycles. The topological polar surface area (TPSA) is 40.2 Å². The van der Waals surface area contributed by atoms with Crippen LogP contribution >= 0.6 is 0 Å². The van der Waals surface area contributed by atoms with Crippen molar-refractivity contribution in [1.29, 1.82) is 0 Å². The van der Waals surface area contributed by atoms with Crippen molar-refractivity contribution in [1.82, 2.24) is 4.57 Å². The number of hydrogen-bond donors (Lipinski definition) is 1. The molecule has 0 saturated heterocycles. The van der Waals surface area contributed by atoms with Crippen LogP contribution in [0.25, 0.3) is 10.9 Å². The number of anilines is 1. The molecule has 0 amide bonds. The summed E-state index contributed by atoms with van der Waals surface area (Å²) in [5.74, 6) is 0.927. The minimum atomic E-state index is 0.356. The summed E-state index contributed by atoms with van der Waals surface area (Å²) in [4.78, 5) is 0. The molecule has 0 atom stereocenters. The van der Waals surface area contributed by atoms with Gasteiger partial charge in [-0.05, 0) is 50.6 Å². The lowest BCUT2D eigenvalue weighted by atomic mass is 10.2. The van der Waals surface area contributed by atoms with Gasteiger partial charge < -0.3 is 15.0 Å². The van der Waals surface area contributed by atoms with Gasteiger partial charge in [0.2, 0.25) is 0 Å². The van der Waals surface area contributed by atoms with Crippen LogP contribution in [0.1, 0.15) is 31.1 Å². The van der Waals surface area contributed by atoms with E-state index in [1.54, 1.807) is 0 Å². The second kappa shape index (κ2) is 5.76. The molecule has 0 fully saturated rings. The molecule has 3 heteroatoms. The predicted molar refractivity (Wildman–Crippen MR) is 92.2 cm³/mol. The third kappa shape index (κ3) is 2.54. The molecule has 3 rings (SSSR count). The highest BCUT2D eigenvalue weighted by atomic mass is 16.5. The number of nitrogen functional groups attached to an aromatic ring is 1. The molecule has 0 bridgehead atoms. The number of fused-ring (bicyclic) bond motifs is 1. The fraction of sp³-hybridized carbons (Fsp3) is 0.263. The van der Waals surface area contributed by atoms with Crippen molar-refractivity contribution in [2.75, 3.05) is 5.73 Å². The van der Waals surface area contributed by atoms with E-state index in [1.807, 2.05) is 30.3 Å². The van der Waals surface area contributed by atoms with E-state index in [0.29, 0.717) is 12.6 Å². The van der Waals surface area contributed by atoms with Gasteiger partial charge >= 0.3 is 0 Å². The molecule has 0 spiro atoms. The quantitative estimate of drug-likeness (QED) is 0.709. The number of nitrogens with zero attached hydrogens (tertiary/aromatic N) is 1. The van der Waals surface area contributed by atoms with Gasteiger partial charge in [-0.15, -0.1) is 0 Å². The molecular weight excluding hydrogens is 272 g/mol. The minimum Gasteiger partial charge on any atom is -0.487 e. The number of benzene rings is 2. The lowest BCUT2D eigenvalue weighted by Gasteiger charge is -2.16. The third-order valence-corrected chi connectivity index (χ3v) is 3.98. The number of aryl methyl sites for hydroxylation is 1. The Kier molecular flexibility index (Phi) is 3.80. The van der Waals surface area contributed by atoms with Crippen LogP contribution in [0.15, 0.2) is 48.5 Å². The molecule has 2 aromatic carbocycles. The highest BCUT2D eigenvalue weighted by molar-refractivity contribution is 5.92. The maximum absolute atomic E-state index is 6.12. The lowest BCUT2D eigenvalue weighted by Crippen LogP contribution is -2.08. The van der Waals surface area contributed by atoms with Gasteiger partial charge in [-0.3, -0.25) is 0 Å². The van der Waals surface area contributed by atoms with Crippen molar-refractivity contribution in [2.45, 2.75) is 33.4 Å². The summed E-state index contributed by atoms with van der Waals surface area (Å²) in [7, 11) is 0. The average molecular weight is 294 g/mol. The Morgan fingerprint density at radius 3 is 2.59 bits per heavy atom. The van der Waals surface area contributed by atoms with E-state index in [9.17, 15) is 0 Å². The van der Waals surface area contributed by atoms with E-state index in [0.717, 1.165) is 28.1 Å². The summed E-state index contributed by atoms with van der Waals surface area (Å²) in [5.41, 5.74) is 10.4. The first-order chi connectivity index (χ1) is 10.6. The molecule has 0 aliphatic carbocycles. The van der Waals surface area contributed by atoms with Gasteiger partial charge in [0.25, 0.3) is 0 Å². The van der Waals surface area contributed by atoms with E-state index in [1.165, 1.54) is 5.52 Å². The van der Waals surface area contributed by atoms with Crippen molar-refractivity contribution >= 4 is 16.6 Å². The first-order valence-electron chi connectivity index (χ1n) is 7.64. The SMILES string of the molecule is Cc1ccccc1OCc1cc2c(N)cccc2n1C(C)C. The second-order valence-electron chi connectivity index (χ2n) is 5.93. The van der Waals surface area contributed by atoms with Gasteiger partial charge in [-0.2, -0.15) is 0 Å². The average Bonchev–Trinajstić information content (AvgIpc) is 2.86. The van der Waals surface area contributed by atoms with Gasteiger partial charge in [-0.25, -0.2) is 0 Å². The van der Waals surface area contributed by atoms with Crippen LogP contribution in [0.3, 0.4) is 0 Å². The van der Waals surface area contributed by atoms with Crippen molar-refractivity contribution < 1.29 is 4.74 Å². The largest absolute Gasteiger partial charge is 0.487 e. The summed E-state index contributed by atoms with van der Waals surface area (Å²) < 4.78 is 8.32. The number of ether oxygens (including phenoxy) is 1. The van der Waals surface area contributed by atoms with Gasteiger partial charge in [0, 0.05) is 17.1 Å². The Morgan fingerprint density at radius 2 is 1.86 bits per heavy atom. The zero-order chi connectivity index (χ0) is 15.7. The van der Waals surface area contributed by atoms with Gasteiger partial charge in [0.1, 0.15) is 12.4 Å². The Labute approximate surface area is 131 Å². The summed E-state index contributed by atoms with van der Waals surface area (Å²) >= 11 is 0. The Bertz CT molecular complexity index is 802. The number of para-hydroxylation sites is 1. The lowest BCUT2D eigenvalue weighted by molar-refractivity contribution is 0.291. The molecule has 0 unspecified atom stereocenters. The molecule has 3 nitrogen and oxygen atoms in total. The molecule has 22 heavy (non-hydrogen) atoms. The molecule has 0 aliphatic rings. The highest BCUT2D eigenvalue weighted by Crippen LogP contribution is 2.29. The standard InChI is InChI=1S/C19H22N2O/c1-13(2)21-15(11-16-17(20)8-6-9-18(16)21)12-22-19-10-5-4-7-14(19)3/h4-11,13H,12,20H2,1-3H3. The zero-order valence-corrected chi connectivity index (χ0v) is 13.3. The molecule has 2 N–H and O–H groups in total. The normalized spacial score (nSPS) is 11.3. The van der Waals surface area contributed by atoms with E-state index in [2.05, 4.69) is 43.5 Å². The van der Waals surface area contributed by atoms with Crippen LogP contribution in [0.5, 0.6) is 5.75 Å². The number of rotatable bonds is 4. The van der Waals surface area contributed by atoms with Crippen LogP contribution in [0.2, 0.25) is 0 Å². The Balaban J connectivity index is 1.98. The van der Waals surface area contributed by atoms with E-state index >= 15 is 0 Å². The first kappa shape index (κ1) is 14.5. The number of nitrogens with two attached hydrogens (primary N) is 1. The maximum atomic E-state index is 6.12. The Hall–Kier alpha value is -2.42. The summed E-state index contributed by atoms with van der Waals surface area (Å²) in [6.07, 6.45) is 0. The zero-order valence-electron chi connectivity index (χ0n) is 13.3. The molecular formula is C19H22N2O. The number of aromatic nitrogens is 1. The molecule has 1 heterocycles. The molecule has 114 valence electrons. The summed E-state index contributed by atoms with van der Waals surface area (Å²) in [5, 5.41) is 1.10. The van der Waals surface area contributed by atoms with Crippen molar-refractivity contribution in [3.05, 3.63) is 59.8 Å². The fourth-order valence-electron chi connectivity index (χ4n) is 2.92. The van der Waals surface area contributed by atoms with Crippen LogP contribution in [0, 0.1) is 6.92 Å². The van der Waals surface area contributed by atoms with Crippen molar-refractivity contribution in [2.24, 2.45) is 0 Å². The van der Waals surface area contributed by atoms with Crippen LogP contribution in [0.4, 0.5) is 5.69 Å². The van der Waals surface area contributed by atoms with E-state index < -0.39 is 0 Å². The van der Waals surface area contributed by atoms with Gasteiger partial charge in [0.05, 0.1) is 11.2 Å². The molecule has 3 aromatic rings. The van der Waals surface area contributed by atoms with Crippen LogP contribution in [-0.2, 0) is 6.61 Å². The van der Waals surface area contributed by atoms with Crippen molar-refractivity contribution in [3.63, 3.8) is 0 Å². The molecule has 0 aliphatic heterocycles. The van der Waals surface area contributed by atoms with Crippen molar-refractivity contribution in [3.8, 4) is 5.75 Å². The maximum Gasteiger partial charge on any atom is 0.128 e. The molecule has 0 radical (unpaired) electrons. The van der Waals surface area contributed by atoms with Gasteiger partial charge in [0.15, 0.2) is 0 Å². The predicted octanol–water partition coefficient (Wildman–Crippen LogP) is 4.69. The van der Waals surface area contributed by atoms with Crippen LogP contribution < -0.4 is 10.5 Å². The first-order valence-corrected chi connectivity index (χ1v) is 7.64. The smallest absolute Gasteiger partial charge is 0.128 e. The van der Waals surface area contributed by atoms with E-state index in [4.69, 9.17) is 10.5 Å². The van der Waals surface area contributed by atoms with Crippen LogP contribution in [-0.4, -0.2) is 4.57 Å². The Morgan fingerprint density at radius 1 is 1.09 bits per heavy atom.